The molecule has 4 aromatic rings. The molecule has 6 heteroatoms. The van der Waals surface area contributed by atoms with Gasteiger partial charge in [0.2, 0.25) is 0 Å². The van der Waals surface area contributed by atoms with Crippen molar-refractivity contribution in [2.75, 3.05) is 31.1 Å². The van der Waals surface area contributed by atoms with E-state index < -0.39 is 0 Å². The molecule has 5 rings (SSSR count). The summed E-state index contributed by atoms with van der Waals surface area (Å²) in [4.78, 5) is 16.2. The minimum Gasteiger partial charge on any atom is -0.505 e. The predicted molar refractivity (Wildman–Crippen MR) is 115 cm³/mol. The van der Waals surface area contributed by atoms with Crippen LogP contribution in [0.15, 0.2) is 79.3 Å². The summed E-state index contributed by atoms with van der Waals surface area (Å²) >= 11 is 0. The van der Waals surface area contributed by atoms with Crippen LogP contribution in [0, 0.1) is 0 Å². The maximum absolute atomic E-state index is 11.1. The summed E-state index contributed by atoms with van der Waals surface area (Å²) in [5, 5.41) is 12.1. The maximum Gasteiger partial charge on any atom is 0.274 e. The zero-order valence-electron chi connectivity index (χ0n) is 16.7. The molecule has 1 aliphatic rings. The highest BCUT2D eigenvalue weighted by Gasteiger charge is 2.35. The van der Waals surface area contributed by atoms with E-state index in [0.717, 1.165) is 48.6 Å². The van der Waals surface area contributed by atoms with Crippen molar-refractivity contribution in [2.24, 2.45) is 0 Å². The van der Waals surface area contributed by atoms with Gasteiger partial charge in [-0.15, -0.1) is 0 Å². The number of phenols is 1. The Morgan fingerprint density at radius 2 is 1.73 bits per heavy atom. The van der Waals surface area contributed by atoms with Crippen molar-refractivity contribution in [3.63, 3.8) is 0 Å². The van der Waals surface area contributed by atoms with E-state index in [1.807, 2.05) is 54.9 Å². The van der Waals surface area contributed by atoms with E-state index in [2.05, 4.69) is 38.1 Å². The monoisotopic (exact) mass is 399 g/mol. The number of pyridine rings is 3. The SMILES string of the molecule is Oc1c([C@@H](c2ccccn2)[NH+]2CCN(c3cccc[nH+]3)CC2)ccc2cccnc12. The second kappa shape index (κ2) is 8.08. The number of hydrogen-bond donors (Lipinski definition) is 2. The lowest BCUT2D eigenvalue weighted by Gasteiger charge is -2.34. The average molecular weight is 399 g/mol. The van der Waals surface area contributed by atoms with E-state index in [0.29, 0.717) is 5.52 Å². The highest BCUT2D eigenvalue weighted by Crippen LogP contribution is 2.32. The first-order valence-corrected chi connectivity index (χ1v) is 10.3. The number of piperazine rings is 1. The Kier molecular flexibility index (Phi) is 4.99. The molecule has 1 aliphatic heterocycles. The second-order valence-corrected chi connectivity index (χ2v) is 7.66. The summed E-state index contributed by atoms with van der Waals surface area (Å²) < 4.78 is 0. The molecule has 1 aromatic carbocycles. The standard InChI is InChI=1S/C24H23N5O/c30-24-19(10-9-18-6-5-13-27-22(18)24)23(20-7-1-3-11-25-20)29-16-14-28(15-17-29)21-8-2-4-12-26-21/h1-13,23,30H,14-17H2/p+2/t23-/m0/s1. The lowest BCUT2D eigenvalue weighted by Crippen LogP contribution is -3.15. The molecule has 0 aliphatic carbocycles. The van der Waals surface area contributed by atoms with Crippen LogP contribution in [0.1, 0.15) is 17.3 Å². The summed E-state index contributed by atoms with van der Waals surface area (Å²) in [5.41, 5.74) is 2.50. The van der Waals surface area contributed by atoms with Gasteiger partial charge in [-0.25, -0.2) is 4.98 Å². The molecule has 4 heterocycles. The van der Waals surface area contributed by atoms with Crippen LogP contribution in [-0.2, 0) is 0 Å². The molecule has 6 nitrogen and oxygen atoms in total. The molecule has 3 aromatic heterocycles. The van der Waals surface area contributed by atoms with Crippen molar-refractivity contribution < 1.29 is 15.0 Å². The number of rotatable bonds is 4. The van der Waals surface area contributed by atoms with Crippen LogP contribution in [0.4, 0.5) is 5.82 Å². The van der Waals surface area contributed by atoms with Gasteiger partial charge in [-0.2, -0.15) is 0 Å². The molecule has 1 fully saturated rings. The van der Waals surface area contributed by atoms with Crippen molar-refractivity contribution in [1.29, 1.82) is 0 Å². The number of aromatic hydroxyl groups is 1. The second-order valence-electron chi connectivity index (χ2n) is 7.66. The molecular weight excluding hydrogens is 374 g/mol. The number of nitrogens with one attached hydrogen (secondary N) is 2. The van der Waals surface area contributed by atoms with Gasteiger partial charge in [0.15, 0.2) is 11.8 Å². The topological polar surface area (TPSA) is 67.8 Å². The number of phenolic OH excluding ortho intramolecular Hbond substituents is 1. The van der Waals surface area contributed by atoms with Crippen molar-refractivity contribution >= 4 is 16.7 Å². The third-order valence-electron chi connectivity index (χ3n) is 5.92. The van der Waals surface area contributed by atoms with Crippen LogP contribution in [-0.4, -0.2) is 41.3 Å². The van der Waals surface area contributed by atoms with Crippen LogP contribution < -0.4 is 14.8 Å². The summed E-state index contributed by atoms with van der Waals surface area (Å²) in [5.74, 6) is 1.40. The molecule has 0 unspecified atom stereocenters. The Morgan fingerprint density at radius 3 is 2.50 bits per heavy atom. The summed E-state index contributed by atoms with van der Waals surface area (Å²) in [6, 6.07) is 20.1. The van der Waals surface area contributed by atoms with E-state index in [-0.39, 0.29) is 11.8 Å². The first-order chi connectivity index (χ1) is 14.8. The van der Waals surface area contributed by atoms with Gasteiger partial charge in [0.1, 0.15) is 37.4 Å². The first-order valence-electron chi connectivity index (χ1n) is 10.3. The Balaban J connectivity index is 1.49. The Labute approximate surface area is 175 Å². The molecule has 0 amide bonds. The Morgan fingerprint density at radius 1 is 0.900 bits per heavy atom. The normalized spacial score (nSPS) is 15.9. The molecular formula is C24H25N5O+2. The molecule has 1 atom stereocenters. The number of nitrogens with zero attached hydrogens (tertiary/aromatic N) is 3. The number of fused-ring (bicyclic) bond motifs is 1. The van der Waals surface area contributed by atoms with Gasteiger partial charge in [0, 0.05) is 23.8 Å². The molecule has 0 spiro atoms. The molecule has 3 N–H and O–H groups in total. The fourth-order valence-corrected chi connectivity index (χ4v) is 4.42. The third-order valence-corrected chi connectivity index (χ3v) is 5.92. The molecule has 0 saturated carbocycles. The van der Waals surface area contributed by atoms with Gasteiger partial charge in [-0.3, -0.25) is 14.9 Å². The Bertz CT molecular complexity index is 1130. The average Bonchev–Trinajstić information content (AvgIpc) is 2.83. The number of aromatic nitrogens is 3. The zero-order chi connectivity index (χ0) is 20.3. The van der Waals surface area contributed by atoms with Gasteiger partial charge in [0.25, 0.3) is 5.82 Å². The highest BCUT2D eigenvalue weighted by atomic mass is 16.3. The number of quaternary nitrogens is 1. The van der Waals surface area contributed by atoms with E-state index in [4.69, 9.17) is 0 Å². The lowest BCUT2D eigenvalue weighted by molar-refractivity contribution is -0.926. The number of anilines is 1. The predicted octanol–water partition coefficient (Wildman–Crippen LogP) is 1.64. The van der Waals surface area contributed by atoms with Crippen molar-refractivity contribution in [1.82, 2.24) is 9.97 Å². The van der Waals surface area contributed by atoms with Crippen LogP contribution in [0.3, 0.4) is 0 Å². The molecule has 30 heavy (non-hydrogen) atoms. The molecule has 1 saturated heterocycles. The quantitative estimate of drug-likeness (QED) is 0.548. The zero-order valence-corrected chi connectivity index (χ0v) is 16.7. The van der Waals surface area contributed by atoms with Crippen LogP contribution in [0.5, 0.6) is 5.75 Å². The van der Waals surface area contributed by atoms with Crippen LogP contribution in [0.2, 0.25) is 0 Å². The fourth-order valence-electron chi connectivity index (χ4n) is 4.42. The maximum atomic E-state index is 11.1. The highest BCUT2D eigenvalue weighted by molar-refractivity contribution is 5.85. The number of hydrogen-bond acceptors (Lipinski definition) is 4. The van der Waals surface area contributed by atoms with Crippen molar-refractivity contribution in [2.45, 2.75) is 6.04 Å². The molecule has 0 radical (unpaired) electrons. The van der Waals surface area contributed by atoms with Gasteiger partial charge in [0.05, 0.1) is 11.8 Å². The van der Waals surface area contributed by atoms with Gasteiger partial charge >= 0.3 is 0 Å². The van der Waals surface area contributed by atoms with Crippen molar-refractivity contribution in [3.8, 4) is 5.75 Å². The van der Waals surface area contributed by atoms with Crippen LogP contribution in [0.25, 0.3) is 10.9 Å². The fraction of sp³-hybridized carbons (Fsp3) is 0.208. The van der Waals surface area contributed by atoms with Crippen molar-refractivity contribution in [3.05, 3.63) is 90.5 Å². The minimum absolute atomic E-state index is 0.0421. The first kappa shape index (κ1) is 18.5. The largest absolute Gasteiger partial charge is 0.505 e. The number of aromatic amines is 1. The number of benzene rings is 1. The van der Waals surface area contributed by atoms with E-state index in [1.54, 1.807) is 6.20 Å². The smallest absolute Gasteiger partial charge is 0.274 e. The lowest BCUT2D eigenvalue weighted by atomic mass is 9.97. The van der Waals surface area contributed by atoms with Gasteiger partial charge in [-0.1, -0.05) is 24.3 Å². The number of H-pyrrole nitrogens is 1. The van der Waals surface area contributed by atoms with Gasteiger partial charge in [-0.05, 0) is 30.3 Å². The minimum atomic E-state index is -0.0421. The third kappa shape index (κ3) is 3.46. The Hall–Kier alpha value is -3.51. The summed E-state index contributed by atoms with van der Waals surface area (Å²) in [6.45, 7) is 3.77. The molecule has 150 valence electrons. The summed E-state index contributed by atoms with van der Waals surface area (Å²) in [6.07, 6.45) is 5.52. The summed E-state index contributed by atoms with van der Waals surface area (Å²) in [7, 11) is 0. The van der Waals surface area contributed by atoms with E-state index in [1.165, 1.54) is 4.90 Å². The molecule has 0 bridgehead atoms. The van der Waals surface area contributed by atoms with E-state index >= 15 is 0 Å². The van der Waals surface area contributed by atoms with Crippen LogP contribution >= 0.6 is 0 Å². The van der Waals surface area contributed by atoms with Gasteiger partial charge < -0.3 is 10.0 Å². The van der Waals surface area contributed by atoms with E-state index in [9.17, 15) is 5.11 Å².